The molecule has 0 amide bonds. The monoisotopic (exact) mass is 997 g/mol. The first-order chi connectivity index (χ1) is 27.8. The molecule has 2 heterocycles. The molecule has 4 nitrogen and oxygen atoms in total. The maximum absolute atomic E-state index is 11.9. The van der Waals surface area contributed by atoms with Crippen LogP contribution in [-0.4, -0.2) is 28.9 Å². The molecule has 6 heteroatoms. The van der Waals surface area contributed by atoms with Crippen molar-refractivity contribution in [1.29, 1.82) is 0 Å². The van der Waals surface area contributed by atoms with E-state index in [0.717, 1.165) is 59.3 Å². The Morgan fingerprint density at radius 1 is 0.717 bits per heavy atom. The molecular weight excluding hydrogens is 929 g/mol. The summed E-state index contributed by atoms with van der Waals surface area (Å²) in [7, 11) is -1.29. The second-order valence-corrected chi connectivity index (χ2v) is 22.9. The summed E-state index contributed by atoms with van der Waals surface area (Å²) < 4.78 is 0. The first kappa shape index (κ1) is 50.1. The van der Waals surface area contributed by atoms with Crippen molar-refractivity contribution < 1.29 is 30.0 Å². The number of aliphatic hydroxyl groups is 1. The summed E-state index contributed by atoms with van der Waals surface area (Å²) in [4.78, 5) is 21.1. The number of fused-ring (bicyclic) bond motifs is 2. The predicted molar refractivity (Wildman–Crippen MR) is 257 cm³/mol. The van der Waals surface area contributed by atoms with Gasteiger partial charge in [-0.3, -0.25) is 4.79 Å². The molecule has 0 saturated carbocycles. The number of aryl methyl sites for hydroxylation is 4. The molecule has 321 valence electrons. The Labute approximate surface area is 376 Å². The van der Waals surface area contributed by atoms with Crippen LogP contribution in [0.15, 0.2) is 97.0 Å². The van der Waals surface area contributed by atoms with Crippen LogP contribution in [0.1, 0.15) is 108 Å². The molecule has 0 aliphatic rings. The molecule has 0 bridgehead atoms. The zero-order valence-electron chi connectivity index (χ0n) is 38.7. The number of rotatable bonds is 11. The minimum Gasteiger partial charge on any atom is -0.512 e. The van der Waals surface area contributed by atoms with Crippen molar-refractivity contribution in [2.45, 2.75) is 127 Å². The van der Waals surface area contributed by atoms with E-state index in [1.165, 1.54) is 49.5 Å². The summed E-state index contributed by atoms with van der Waals surface area (Å²) in [5.74, 6) is 0.906. The van der Waals surface area contributed by atoms with Crippen LogP contribution in [-0.2, 0) is 24.9 Å². The van der Waals surface area contributed by atoms with E-state index < -0.39 is 8.07 Å². The largest absolute Gasteiger partial charge is 0.512 e. The van der Waals surface area contributed by atoms with Crippen molar-refractivity contribution in [2.75, 3.05) is 0 Å². The van der Waals surface area contributed by atoms with E-state index >= 15 is 0 Å². The Balaban J connectivity index is 0.000000242. The maximum Gasteiger partial charge on any atom is 0.162 e. The summed E-state index contributed by atoms with van der Waals surface area (Å²) >= 11 is 0. The third-order valence-corrected chi connectivity index (χ3v) is 13.8. The number of hydrogen-bond acceptors (Lipinski definition) is 4. The van der Waals surface area contributed by atoms with Crippen LogP contribution in [0.25, 0.3) is 44.1 Å². The molecule has 60 heavy (non-hydrogen) atoms. The van der Waals surface area contributed by atoms with Gasteiger partial charge in [-0.05, 0) is 82.2 Å². The van der Waals surface area contributed by atoms with Crippen molar-refractivity contribution in [3.63, 3.8) is 0 Å². The van der Waals surface area contributed by atoms with Crippen LogP contribution in [0.2, 0.25) is 19.6 Å². The molecule has 6 rings (SSSR count). The van der Waals surface area contributed by atoms with E-state index in [-0.39, 0.29) is 43.0 Å². The molecule has 1 N–H and O–H groups in total. The molecule has 0 fully saturated rings. The number of carbonyl (C=O) groups is 1. The van der Waals surface area contributed by atoms with Gasteiger partial charge in [-0.15, -0.1) is 69.8 Å². The first-order valence-corrected chi connectivity index (χ1v) is 25.1. The molecule has 6 aromatic rings. The van der Waals surface area contributed by atoms with E-state index in [1.807, 2.05) is 47.0 Å². The molecule has 4 aromatic carbocycles. The number of pyridine rings is 2. The zero-order valence-corrected chi connectivity index (χ0v) is 42.1. The quantitative estimate of drug-likeness (QED) is 0.0608. The Hall–Kier alpha value is -4.22. The fourth-order valence-electron chi connectivity index (χ4n) is 7.41. The fraction of sp³-hybridized carbons (Fsp3) is 0.389. The minimum absolute atomic E-state index is 0. The van der Waals surface area contributed by atoms with E-state index in [9.17, 15) is 9.90 Å². The number of aromatic nitrogens is 2. The average Bonchev–Trinajstić information content (AvgIpc) is 3.19. The van der Waals surface area contributed by atoms with Crippen LogP contribution in [0.3, 0.4) is 0 Å². The normalized spacial score (nSPS) is 11.8. The standard InChI is InChI=1S/C20H22NSi.C20H20N.C14H26O2.Ir/c1-14-10-15(2)12-17(11-14)20-19-7-6-18(22(3,4)5)13-16(19)8-9-21-20;1-13(2)16-5-6-19-17(12-16)7-8-21-20(19)18-10-14(3)9-15(4)11-18;1-6-11(7-2)12(15)10-13(16)14(5,8-3)9-4;/h6-11,13H,1-5H3;5-10,12-13H,1-4H3;10-11,16H,6-9H2,1-5H3;/q2*-1;;/b;;13-10-;. The minimum atomic E-state index is -1.29. The van der Waals surface area contributed by atoms with Crippen LogP contribution in [0, 0.1) is 51.2 Å². The summed E-state index contributed by atoms with van der Waals surface area (Å²) in [5, 5.41) is 16.4. The Bertz CT molecular complexity index is 2360. The van der Waals surface area contributed by atoms with Gasteiger partial charge in [0.05, 0.1) is 8.07 Å². The number of carbonyl (C=O) groups excluding carboxylic acids is 1. The third kappa shape index (κ3) is 12.9. The second kappa shape index (κ2) is 22.0. The van der Waals surface area contributed by atoms with Crippen LogP contribution >= 0.6 is 0 Å². The van der Waals surface area contributed by atoms with Crippen molar-refractivity contribution in [1.82, 2.24) is 9.97 Å². The molecule has 0 spiro atoms. The fourth-order valence-corrected chi connectivity index (χ4v) is 8.58. The van der Waals surface area contributed by atoms with Crippen LogP contribution in [0.4, 0.5) is 0 Å². The maximum atomic E-state index is 11.9. The number of benzene rings is 4. The van der Waals surface area contributed by atoms with Crippen molar-refractivity contribution in [3.8, 4) is 22.5 Å². The molecule has 1 radical (unpaired) electrons. The Morgan fingerprint density at radius 2 is 1.18 bits per heavy atom. The van der Waals surface area contributed by atoms with Gasteiger partial charge in [0.25, 0.3) is 0 Å². The smallest absolute Gasteiger partial charge is 0.162 e. The SMILES string of the molecule is CCC(CC)C(=O)/C=C(\O)C(C)(CC)CC.Cc1[c-]c(-c2nccc3cc(C(C)C)ccc23)cc(C)c1.Cc1[c-]c(-c2nccc3cc([Si](C)(C)C)ccc23)cc(C)c1.[Ir]. The Kier molecular flexibility index (Phi) is 18.4. The number of aliphatic hydroxyl groups excluding tert-OH is 1. The van der Waals surface area contributed by atoms with E-state index in [4.69, 9.17) is 0 Å². The summed E-state index contributed by atoms with van der Waals surface area (Å²) in [6.07, 6.45) is 8.64. The Morgan fingerprint density at radius 3 is 1.60 bits per heavy atom. The molecule has 2 aromatic heterocycles. The molecule has 0 unspecified atom stereocenters. The first-order valence-electron chi connectivity index (χ1n) is 21.6. The van der Waals surface area contributed by atoms with E-state index in [2.05, 4.69) is 156 Å². The summed E-state index contributed by atoms with van der Waals surface area (Å²) in [5.41, 5.74) is 10.2. The van der Waals surface area contributed by atoms with Crippen LogP contribution < -0.4 is 5.19 Å². The van der Waals surface area contributed by atoms with Gasteiger partial charge >= 0.3 is 0 Å². The van der Waals surface area contributed by atoms with Crippen molar-refractivity contribution in [2.24, 2.45) is 11.3 Å². The summed E-state index contributed by atoms with van der Waals surface area (Å²) in [6.45, 7) is 30.1. The molecule has 0 aliphatic heterocycles. The second-order valence-electron chi connectivity index (χ2n) is 17.9. The molecule has 0 saturated heterocycles. The number of allylic oxidation sites excluding steroid dienone is 2. The van der Waals surface area contributed by atoms with Gasteiger partial charge in [-0.25, -0.2) is 0 Å². The number of nitrogens with zero attached hydrogens (tertiary/aromatic N) is 2. The topological polar surface area (TPSA) is 63.1 Å². The molecular formula is C54H68IrN2O2Si-2. The van der Waals surface area contributed by atoms with Gasteiger partial charge in [0.1, 0.15) is 5.76 Å². The van der Waals surface area contributed by atoms with Gasteiger partial charge in [-0.1, -0.05) is 137 Å². The number of hydrogen-bond donors (Lipinski definition) is 1. The molecule has 0 aliphatic carbocycles. The third-order valence-electron chi connectivity index (χ3n) is 11.7. The van der Waals surface area contributed by atoms with Gasteiger partial charge in [-0.2, -0.15) is 0 Å². The van der Waals surface area contributed by atoms with Crippen molar-refractivity contribution in [3.05, 3.63) is 137 Å². The summed E-state index contributed by atoms with van der Waals surface area (Å²) in [6, 6.07) is 33.2. The molecule has 0 atom stereocenters. The van der Waals surface area contributed by atoms with Crippen molar-refractivity contribution >= 4 is 40.6 Å². The van der Waals surface area contributed by atoms with Gasteiger partial charge in [0.15, 0.2) is 5.78 Å². The number of ketones is 1. The van der Waals surface area contributed by atoms with Gasteiger partial charge < -0.3 is 15.1 Å². The van der Waals surface area contributed by atoms with Crippen LogP contribution in [0.5, 0.6) is 0 Å². The van der Waals surface area contributed by atoms with Gasteiger partial charge in [0.2, 0.25) is 0 Å². The zero-order chi connectivity index (χ0) is 43.7. The van der Waals surface area contributed by atoms with E-state index in [0.29, 0.717) is 5.92 Å². The predicted octanol–water partition coefficient (Wildman–Crippen LogP) is 14.6. The van der Waals surface area contributed by atoms with Gasteiger partial charge in [0, 0.05) is 49.9 Å². The van der Waals surface area contributed by atoms with E-state index in [1.54, 1.807) is 0 Å². The average molecular weight is 997 g/mol.